The molecule has 1 aliphatic heterocycles. The lowest BCUT2D eigenvalue weighted by Gasteiger charge is -2.32. The van der Waals surface area contributed by atoms with Crippen molar-refractivity contribution in [2.45, 2.75) is 6.04 Å². The smallest absolute Gasteiger partial charge is 0.240 e. The summed E-state index contributed by atoms with van der Waals surface area (Å²) in [7, 11) is 1.82. The first-order valence-corrected chi connectivity index (χ1v) is 11.3. The number of hydrogen-bond acceptors (Lipinski definition) is 5. The Bertz CT molecular complexity index is 1700. The van der Waals surface area contributed by atoms with Gasteiger partial charge in [-0.15, -0.1) is 0 Å². The third-order valence-corrected chi connectivity index (χ3v) is 7.29. The lowest BCUT2D eigenvalue weighted by Crippen LogP contribution is -2.45. The molecule has 0 saturated heterocycles. The first-order chi connectivity index (χ1) is 17.0. The Kier molecular flexibility index (Phi) is 3.76. The summed E-state index contributed by atoms with van der Waals surface area (Å²) in [5.41, 5.74) is 5.01. The van der Waals surface area contributed by atoms with Gasteiger partial charge < -0.3 is 5.32 Å². The highest BCUT2D eigenvalue weighted by Gasteiger charge is 2.46. The maximum Gasteiger partial charge on any atom is 0.240 e. The molecule has 4 aliphatic rings. The molecule has 0 amide bonds. The predicted octanol–water partition coefficient (Wildman–Crippen LogP) is 3.92. The van der Waals surface area contributed by atoms with Gasteiger partial charge in [0.25, 0.3) is 0 Å². The van der Waals surface area contributed by atoms with Gasteiger partial charge in [0.15, 0.2) is 17.3 Å². The lowest BCUT2D eigenvalue weighted by atomic mass is 9.76. The molecule has 35 heavy (non-hydrogen) atoms. The van der Waals surface area contributed by atoms with Crippen LogP contribution in [0.4, 0.5) is 11.4 Å². The fraction of sp³-hybridized carbons (Fsp3) is 0.0690. The molecule has 7 rings (SSSR count). The number of allylic oxidation sites excluding steroid dienone is 2. The van der Waals surface area contributed by atoms with Crippen molar-refractivity contribution in [1.82, 2.24) is 0 Å². The van der Waals surface area contributed by atoms with Crippen LogP contribution in [0, 0.1) is 0 Å². The molecule has 0 saturated carbocycles. The van der Waals surface area contributed by atoms with E-state index in [0.717, 1.165) is 5.71 Å². The Morgan fingerprint density at radius 2 is 1.26 bits per heavy atom. The first kappa shape index (κ1) is 19.7. The summed E-state index contributed by atoms with van der Waals surface area (Å²) in [5, 5.41) is 3.40. The van der Waals surface area contributed by atoms with Crippen LogP contribution in [0.2, 0.25) is 0 Å². The summed E-state index contributed by atoms with van der Waals surface area (Å²) in [5.74, 6) is -0.766. The van der Waals surface area contributed by atoms with E-state index >= 15 is 0 Å². The fourth-order valence-electron chi connectivity index (χ4n) is 5.65. The minimum Gasteiger partial charge on any atom is -0.364 e. The van der Waals surface area contributed by atoms with Crippen molar-refractivity contribution in [2.75, 3.05) is 12.4 Å². The van der Waals surface area contributed by atoms with Gasteiger partial charge in [0.1, 0.15) is 24.3 Å². The van der Waals surface area contributed by atoms with Gasteiger partial charge in [-0.25, -0.2) is 0 Å². The van der Waals surface area contributed by atoms with E-state index in [4.69, 9.17) is 0 Å². The van der Waals surface area contributed by atoms with E-state index in [1.54, 1.807) is 72.8 Å². The summed E-state index contributed by atoms with van der Waals surface area (Å²) in [6.45, 7) is 0. The molecule has 1 atom stereocenters. The number of fused-ring (bicyclic) bond motifs is 7. The molecule has 1 N–H and O–H groups in total. The number of carbonyl (C=O) groups excluding carboxylic acids is 4. The van der Waals surface area contributed by atoms with E-state index in [1.165, 1.54) is 0 Å². The van der Waals surface area contributed by atoms with Crippen LogP contribution in [-0.2, 0) is 0 Å². The molecule has 1 heterocycles. The zero-order valence-electron chi connectivity index (χ0n) is 18.6. The van der Waals surface area contributed by atoms with Crippen LogP contribution in [-0.4, -0.2) is 46.5 Å². The van der Waals surface area contributed by atoms with Crippen LogP contribution in [0.1, 0.15) is 52.6 Å². The number of carbonyl (C=O) groups is 4. The molecule has 6 nitrogen and oxygen atoms in total. The second-order valence-electron chi connectivity index (χ2n) is 9.01. The maximum absolute atomic E-state index is 13.5. The van der Waals surface area contributed by atoms with Gasteiger partial charge in [0, 0.05) is 45.0 Å². The standard InChI is InChI=1S/C29H16N2O4/c1-31-21-13-11-18-22(28(34)16-8-4-2-6-14(16)26(18)32)24(21)30-20-12-10-19-23(25(20)31)29(35)17-9-5-3-7-15(17)27(19)33/h2-13,24H,1H3/p+1. The van der Waals surface area contributed by atoms with Gasteiger partial charge in [-0.3, -0.25) is 19.2 Å². The quantitative estimate of drug-likeness (QED) is 0.405. The number of benzene rings is 3. The highest BCUT2D eigenvalue weighted by Crippen LogP contribution is 2.42. The molecule has 0 spiro atoms. The van der Waals surface area contributed by atoms with Gasteiger partial charge >= 0.3 is 0 Å². The number of anilines is 1. The topological polar surface area (TPSA) is 83.3 Å². The number of ketones is 4. The van der Waals surface area contributed by atoms with Crippen molar-refractivity contribution in [3.63, 3.8) is 0 Å². The monoisotopic (exact) mass is 457 g/mol. The van der Waals surface area contributed by atoms with Crippen molar-refractivity contribution in [3.05, 3.63) is 117 Å². The zero-order valence-corrected chi connectivity index (χ0v) is 18.6. The number of nitrogens with zero attached hydrogens (tertiary/aromatic N) is 1. The largest absolute Gasteiger partial charge is 0.364 e. The molecule has 0 aromatic heterocycles. The number of Topliss-reactive ketones (excluding diaryl/α,β-unsaturated/α-hetero) is 2. The maximum atomic E-state index is 13.5. The molecule has 3 aromatic rings. The predicted molar refractivity (Wildman–Crippen MR) is 129 cm³/mol. The Hall–Kier alpha value is -4.71. The van der Waals surface area contributed by atoms with Crippen LogP contribution < -0.4 is 5.32 Å². The normalized spacial score (nSPS) is 19.4. The van der Waals surface area contributed by atoms with Crippen molar-refractivity contribution in [3.8, 4) is 0 Å². The third kappa shape index (κ3) is 2.40. The second-order valence-corrected chi connectivity index (χ2v) is 9.01. The second kappa shape index (κ2) is 6.67. The summed E-state index contributed by atoms with van der Waals surface area (Å²) in [4.78, 5) is 53.5. The highest BCUT2D eigenvalue weighted by molar-refractivity contribution is 6.33. The molecule has 3 aromatic carbocycles. The van der Waals surface area contributed by atoms with Gasteiger partial charge in [-0.1, -0.05) is 48.5 Å². The summed E-state index contributed by atoms with van der Waals surface area (Å²) in [6.07, 6.45) is 3.49. The Morgan fingerprint density at radius 1 is 0.657 bits per heavy atom. The molecule has 0 radical (unpaired) electrons. The van der Waals surface area contributed by atoms with E-state index in [0.29, 0.717) is 55.9 Å². The lowest BCUT2D eigenvalue weighted by molar-refractivity contribution is -0.406. The number of rotatable bonds is 0. The van der Waals surface area contributed by atoms with Crippen molar-refractivity contribution >= 4 is 40.2 Å². The molecule has 0 fully saturated rings. The average molecular weight is 457 g/mol. The molecule has 166 valence electrons. The van der Waals surface area contributed by atoms with Crippen LogP contribution in [0.5, 0.6) is 0 Å². The first-order valence-electron chi connectivity index (χ1n) is 11.3. The van der Waals surface area contributed by atoms with Crippen LogP contribution >= 0.6 is 0 Å². The van der Waals surface area contributed by atoms with E-state index in [-0.39, 0.29) is 23.1 Å². The van der Waals surface area contributed by atoms with Crippen molar-refractivity contribution in [1.29, 1.82) is 0 Å². The number of nitrogens with one attached hydrogen (secondary N) is 1. The van der Waals surface area contributed by atoms with Crippen LogP contribution in [0.25, 0.3) is 0 Å². The van der Waals surface area contributed by atoms with Gasteiger partial charge in [0.2, 0.25) is 17.2 Å². The van der Waals surface area contributed by atoms with E-state index in [2.05, 4.69) is 5.32 Å². The molecule has 1 unspecified atom stereocenters. The summed E-state index contributed by atoms with van der Waals surface area (Å²) in [6, 6.07) is 16.6. The SMILES string of the molecule is C[N+]1=C2C=CC3=C(C(=O)c4ccccc4C3=O)C2Nc2ccc3c(c21)C(=O)c1ccccc1C3=O. The fourth-order valence-corrected chi connectivity index (χ4v) is 5.65. The van der Waals surface area contributed by atoms with E-state index in [9.17, 15) is 19.2 Å². The number of hydrogen-bond donors (Lipinski definition) is 1. The van der Waals surface area contributed by atoms with E-state index in [1.807, 2.05) is 11.6 Å². The molecular formula is C29H17N2O4+. The Balaban J connectivity index is 1.43. The minimum atomic E-state index is -0.558. The van der Waals surface area contributed by atoms with Crippen LogP contribution in [0.15, 0.2) is 84.0 Å². The third-order valence-electron chi connectivity index (χ3n) is 7.29. The molecule has 6 heteroatoms. The van der Waals surface area contributed by atoms with Gasteiger partial charge in [-0.05, 0) is 18.2 Å². The molecular weight excluding hydrogens is 440 g/mol. The van der Waals surface area contributed by atoms with Crippen LogP contribution in [0.3, 0.4) is 0 Å². The Morgan fingerprint density at radius 3 is 1.94 bits per heavy atom. The van der Waals surface area contributed by atoms with Gasteiger partial charge in [0.05, 0.1) is 0 Å². The van der Waals surface area contributed by atoms with E-state index < -0.39 is 6.04 Å². The average Bonchev–Trinajstić information content (AvgIpc) is 2.89. The van der Waals surface area contributed by atoms with Crippen molar-refractivity contribution < 1.29 is 23.8 Å². The Labute approximate surface area is 199 Å². The molecule has 3 aliphatic carbocycles. The highest BCUT2D eigenvalue weighted by atomic mass is 16.1. The summed E-state index contributed by atoms with van der Waals surface area (Å²) >= 11 is 0. The van der Waals surface area contributed by atoms with Gasteiger partial charge in [-0.2, -0.15) is 4.58 Å². The molecule has 0 bridgehead atoms. The zero-order chi connectivity index (χ0) is 24.0. The summed E-state index contributed by atoms with van der Waals surface area (Å²) < 4.78 is 1.85. The minimum absolute atomic E-state index is 0.177. The van der Waals surface area contributed by atoms with Crippen molar-refractivity contribution in [2.24, 2.45) is 0 Å².